The Labute approximate surface area is 267 Å². The van der Waals surface area contributed by atoms with Crippen LogP contribution in [-0.4, -0.2) is 43.8 Å². The summed E-state index contributed by atoms with van der Waals surface area (Å²) in [5, 5.41) is 8.11. The molecule has 1 unspecified atom stereocenters. The predicted octanol–water partition coefficient (Wildman–Crippen LogP) is 6.63. The normalized spacial score (nSPS) is 11.6. The maximum atomic E-state index is 13.4. The molecular formula is C35H35N3O6S. The van der Waals surface area contributed by atoms with E-state index in [1.807, 2.05) is 38.1 Å². The van der Waals surface area contributed by atoms with Crippen molar-refractivity contribution in [3.05, 3.63) is 114 Å². The second kappa shape index (κ2) is 16.0. The Balaban J connectivity index is 1.44. The van der Waals surface area contributed by atoms with E-state index in [9.17, 15) is 14.4 Å². The lowest BCUT2D eigenvalue weighted by atomic mass is 10.1. The maximum absolute atomic E-state index is 13.4. The first-order chi connectivity index (χ1) is 21.8. The molecule has 0 spiro atoms. The van der Waals surface area contributed by atoms with Crippen molar-refractivity contribution in [3.63, 3.8) is 0 Å². The van der Waals surface area contributed by atoms with Crippen molar-refractivity contribution in [1.29, 1.82) is 0 Å². The molecule has 10 heteroatoms. The first kappa shape index (κ1) is 32.7. The molecule has 0 aliphatic carbocycles. The van der Waals surface area contributed by atoms with Gasteiger partial charge >= 0.3 is 0 Å². The Morgan fingerprint density at radius 1 is 0.800 bits per heavy atom. The van der Waals surface area contributed by atoms with E-state index >= 15 is 0 Å². The van der Waals surface area contributed by atoms with Crippen molar-refractivity contribution in [2.75, 3.05) is 31.5 Å². The summed E-state index contributed by atoms with van der Waals surface area (Å²) in [4.78, 5) is 40.0. The number of nitrogens with one attached hydrogen (secondary N) is 3. The molecule has 1 atom stereocenters. The number of hydrogen-bond acceptors (Lipinski definition) is 7. The first-order valence-corrected chi connectivity index (χ1v) is 15.1. The van der Waals surface area contributed by atoms with E-state index in [-0.39, 0.29) is 16.9 Å². The number of amides is 3. The van der Waals surface area contributed by atoms with E-state index in [1.165, 1.54) is 26.0 Å². The van der Waals surface area contributed by atoms with Crippen LogP contribution < -0.4 is 30.2 Å². The van der Waals surface area contributed by atoms with Crippen LogP contribution in [0.1, 0.15) is 29.8 Å². The smallest absolute Gasteiger partial charge is 0.272 e. The van der Waals surface area contributed by atoms with Crippen molar-refractivity contribution in [2.45, 2.75) is 24.0 Å². The highest BCUT2D eigenvalue weighted by molar-refractivity contribution is 8.00. The largest absolute Gasteiger partial charge is 0.494 e. The van der Waals surface area contributed by atoms with Gasteiger partial charge < -0.3 is 30.2 Å². The minimum Gasteiger partial charge on any atom is -0.494 e. The van der Waals surface area contributed by atoms with E-state index < -0.39 is 11.8 Å². The maximum Gasteiger partial charge on any atom is 0.272 e. The zero-order valence-electron chi connectivity index (χ0n) is 25.5. The minimum absolute atomic E-state index is 0.0362. The second-order valence-corrected chi connectivity index (χ2v) is 11.1. The van der Waals surface area contributed by atoms with Crippen molar-refractivity contribution in [3.8, 4) is 17.2 Å². The van der Waals surface area contributed by atoms with Gasteiger partial charge in [0.1, 0.15) is 11.4 Å². The molecule has 3 N–H and O–H groups in total. The van der Waals surface area contributed by atoms with Crippen molar-refractivity contribution < 1.29 is 28.6 Å². The lowest BCUT2D eigenvalue weighted by Crippen LogP contribution is -2.30. The van der Waals surface area contributed by atoms with Crippen LogP contribution in [0.15, 0.2) is 108 Å². The summed E-state index contributed by atoms with van der Waals surface area (Å²) in [5.74, 6) is 0.679. The summed E-state index contributed by atoms with van der Waals surface area (Å²) in [6, 6.07) is 28.1. The van der Waals surface area contributed by atoms with Crippen LogP contribution in [0.3, 0.4) is 0 Å². The standard InChI is InChI=1S/C35H35N3O6S/c1-5-44-28-16-12-26(13-17-28)36-33(39)23(2)45-29-18-14-27(15-19-29)37-35(41)30(38-34(40)25-9-7-6-8-10-25)21-24-11-20-31(42-3)32(22-24)43-4/h6-23H,5H2,1-4H3,(H,36,39)(H,37,41)(H,38,40)/b30-21-. The van der Waals surface area contributed by atoms with E-state index in [1.54, 1.807) is 78.9 Å². The molecule has 0 bridgehead atoms. The number of benzene rings is 4. The third-order valence-electron chi connectivity index (χ3n) is 6.47. The molecule has 4 rings (SSSR count). The lowest BCUT2D eigenvalue weighted by molar-refractivity contribution is -0.115. The molecule has 9 nitrogen and oxygen atoms in total. The molecule has 0 saturated heterocycles. The molecule has 4 aromatic rings. The predicted molar refractivity (Wildman–Crippen MR) is 178 cm³/mol. The van der Waals surface area contributed by atoms with Gasteiger partial charge in [-0.2, -0.15) is 0 Å². The van der Waals surface area contributed by atoms with Crippen LogP contribution in [0.4, 0.5) is 11.4 Å². The highest BCUT2D eigenvalue weighted by Crippen LogP contribution is 2.29. The summed E-state index contributed by atoms with van der Waals surface area (Å²) in [7, 11) is 3.06. The van der Waals surface area contributed by atoms with Crippen molar-refractivity contribution in [2.24, 2.45) is 0 Å². The molecule has 0 heterocycles. The van der Waals surface area contributed by atoms with Crippen LogP contribution in [0.25, 0.3) is 6.08 Å². The van der Waals surface area contributed by atoms with E-state index in [4.69, 9.17) is 14.2 Å². The van der Waals surface area contributed by atoms with Gasteiger partial charge in [-0.25, -0.2) is 0 Å². The Hall–Kier alpha value is -5.22. The van der Waals surface area contributed by atoms with Gasteiger partial charge in [0.05, 0.1) is 26.1 Å². The summed E-state index contributed by atoms with van der Waals surface area (Å²) in [6.07, 6.45) is 1.56. The zero-order valence-corrected chi connectivity index (χ0v) is 26.3. The van der Waals surface area contributed by atoms with Gasteiger partial charge in [0.2, 0.25) is 5.91 Å². The summed E-state index contributed by atoms with van der Waals surface area (Å²) in [6.45, 7) is 4.31. The fourth-order valence-electron chi connectivity index (χ4n) is 4.17. The van der Waals surface area contributed by atoms with E-state index in [0.717, 1.165) is 10.6 Å². The molecule has 0 aliphatic heterocycles. The third-order valence-corrected chi connectivity index (χ3v) is 7.59. The summed E-state index contributed by atoms with van der Waals surface area (Å²) < 4.78 is 16.1. The topological polar surface area (TPSA) is 115 Å². The molecule has 232 valence electrons. The minimum atomic E-state index is -0.516. The van der Waals surface area contributed by atoms with Gasteiger partial charge in [-0.15, -0.1) is 11.8 Å². The van der Waals surface area contributed by atoms with E-state index in [2.05, 4.69) is 16.0 Å². The van der Waals surface area contributed by atoms with Gasteiger partial charge in [0.25, 0.3) is 11.8 Å². The molecular weight excluding hydrogens is 590 g/mol. The Morgan fingerprint density at radius 2 is 1.44 bits per heavy atom. The average Bonchev–Trinajstić information content (AvgIpc) is 3.06. The molecule has 4 aromatic carbocycles. The number of hydrogen-bond donors (Lipinski definition) is 3. The van der Waals surface area contributed by atoms with Crippen LogP contribution in [-0.2, 0) is 9.59 Å². The first-order valence-electron chi connectivity index (χ1n) is 14.2. The zero-order chi connectivity index (χ0) is 32.2. The highest BCUT2D eigenvalue weighted by atomic mass is 32.2. The number of carbonyl (C=O) groups is 3. The molecule has 0 aromatic heterocycles. The second-order valence-electron chi connectivity index (χ2n) is 9.68. The van der Waals surface area contributed by atoms with E-state index in [0.29, 0.717) is 40.6 Å². The fourth-order valence-corrected chi connectivity index (χ4v) is 5.04. The quantitative estimate of drug-likeness (QED) is 0.113. The van der Waals surface area contributed by atoms with Gasteiger partial charge in [-0.3, -0.25) is 14.4 Å². The monoisotopic (exact) mass is 625 g/mol. The Kier molecular flexibility index (Phi) is 11.6. The van der Waals surface area contributed by atoms with Crippen molar-refractivity contribution in [1.82, 2.24) is 5.32 Å². The van der Waals surface area contributed by atoms with Gasteiger partial charge in [-0.05, 0) is 98.3 Å². The molecule has 3 amide bonds. The molecule has 0 saturated carbocycles. The Bertz CT molecular complexity index is 1640. The number of carbonyl (C=O) groups excluding carboxylic acids is 3. The fraction of sp³-hybridized carbons (Fsp3) is 0.171. The number of thioether (sulfide) groups is 1. The highest BCUT2D eigenvalue weighted by Gasteiger charge is 2.17. The Morgan fingerprint density at radius 3 is 2.09 bits per heavy atom. The van der Waals surface area contributed by atoms with Crippen molar-refractivity contribution >= 4 is 46.9 Å². The third kappa shape index (κ3) is 9.38. The van der Waals surface area contributed by atoms with Crippen LogP contribution in [0.5, 0.6) is 17.2 Å². The number of anilines is 2. The summed E-state index contributed by atoms with van der Waals surface area (Å²) in [5.41, 5.74) is 2.27. The number of ether oxygens (including phenoxy) is 3. The molecule has 45 heavy (non-hydrogen) atoms. The SMILES string of the molecule is CCOc1ccc(NC(=O)C(C)Sc2ccc(NC(=O)/C(=C/c3ccc(OC)c(OC)c3)NC(=O)c3ccccc3)cc2)cc1. The molecule has 0 fully saturated rings. The van der Waals surface area contributed by atoms with Gasteiger partial charge in [0, 0.05) is 21.8 Å². The van der Waals surface area contributed by atoms with Crippen LogP contribution in [0.2, 0.25) is 0 Å². The lowest BCUT2D eigenvalue weighted by Gasteiger charge is -2.14. The van der Waals surface area contributed by atoms with Crippen LogP contribution in [0, 0.1) is 0 Å². The average molecular weight is 626 g/mol. The number of methoxy groups -OCH3 is 2. The molecule has 0 aliphatic rings. The van der Waals surface area contributed by atoms with Gasteiger partial charge in [-0.1, -0.05) is 24.3 Å². The summed E-state index contributed by atoms with van der Waals surface area (Å²) >= 11 is 1.39. The van der Waals surface area contributed by atoms with Crippen LogP contribution >= 0.6 is 11.8 Å². The van der Waals surface area contributed by atoms with Gasteiger partial charge in [0.15, 0.2) is 11.5 Å². The number of rotatable bonds is 13. The molecule has 0 radical (unpaired) electrons.